The number of hydrogen-bond donors (Lipinski definition) is 0. The van der Waals surface area contributed by atoms with Gasteiger partial charge in [-0.1, -0.05) is 11.6 Å². The molecule has 0 aliphatic rings. The molecule has 1 heterocycles. The van der Waals surface area contributed by atoms with E-state index in [1.54, 1.807) is 0 Å². The first-order valence-electron chi connectivity index (χ1n) is 5.35. The van der Waals surface area contributed by atoms with Crippen LogP contribution < -0.4 is 4.74 Å². The summed E-state index contributed by atoms with van der Waals surface area (Å²) in [6.45, 7) is 0. The summed E-state index contributed by atoms with van der Waals surface area (Å²) in [5.41, 5.74) is -0.580. The number of halogens is 4. The second kappa shape index (κ2) is 5.50. The summed E-state index contributed by atoms with van der Waals surface area (Å²) in [6.07, 6.45) is -2.67. The number of aromatic nitrogens is 1. The van der Waals surface area contributed by atoms with E-state index in [9.17, 15) is 18.0 Å². The summed E-state index contributed by atoms with van der Waals surface area (Å²) in [7, 11) is 0. The Labute approximate surface area is 117 Å². The van der Waals surface area contributed by atoms with Crippen LogP contribution in [0.5, 0.6) is 11.6 Å². The van der Waals surface area contributed by atoms with Crippen molar-refractivity contribution in [3.05, 3.63) is 52.7 Å². The second-order valence-electron chi connectivity index (χ2n) is 3.82. The molecule has 0 bridgehead atoms. The molecule has 0 N–H and O–H groups in total. The molecule has 0 unspecified atom stereocenters. The van der Waals surface area contributed by atoms with Crippen molar-refractivity contribution in [3.63, 3.8) is 0 Å². The molecule has 0 fully saturated rings. The molecular weight excluding hydrogens is 295 g/mol. The lowest BCUT2D eigenvalue weighted by atomic mass is 10.2. The van der Waals surface area contributed by atoms with Crippen molar-refractivity contribution in [1.82, 2.24) is 4.98 Å². The quantitative estimate of drug-likeness (QED) is 0.791. The molecule has 0 amide bonds. The first kappa shape index (κ1) is 14.3. The van der Waals surface area contributed by atoms with Gasteiger partial charge in [0.1, 0.15) is 5.75 Å². The normalized spacial score (nSPS) is 11.2. The van der Waals surface area contributed by atoms with Gasteiger partial charge in [-0.15, -0.1) is 0 Å². The molecule has 104 valence electrons. The SMILES string of the molecule is O=Cc1ccc(Oc2cc(Cl)cc(C(F)(F)F)c2)nc1. The summed E-state index contributed by atoms with van der Waals surface area (Å²) in [4.78, 5) is 14.2. The van der Waals surface area contributed by atoms with Crippen molar-refractivity contribution in [2.75, 3.05) is 0 Å². The van der Waals surface area contributed by atoms with E-state index in [2.05, 4.69) is 4.98 Å². The Bertz CT molecular complexity index is 627. The molecule has 2 rings (SSSR count). The molecule has 0 saturated heterocycles. The Hall–Kier alpha value is -2.08. The number of nitrogens with zero attached hydrogens (tertiary/aromatic N) is 1. The van der Waals surface area contributed by atoms with Crippen molar-refractivity contribution in [2.45, 2.75) is 6.18 Å². The predicted molar refractivity (Wildman–Crippen MR) is 66.2 cm³/mol. The molecule has 0 atom stereocenters. The molecule has 1 aromatic heterocycles. The summed E-state index contributed by atoms with van der Waals surface area (Å²) >= 11 is 5.62. The molecule has 20 heavy (non-hydrogen) atoms. The van der Waals surface area contributed by atoms with Gasteiger partial charge in [0.2, 0.25) is 5.88 Å². The third-order valence-electron chi connectivity index (χ3n) is 2.32. The van der Waals surface area contributed by atoms with Crippen molar-refractivity contribution >= 4 is 17.9 Å². The molecule has 0 spiro atoms. The topological polar surface area (TPSA) is 39.2 Å². The Balaban J connectivity index is 2.28. The Kier molecular flexibility index (Phi) is 3.94. The van der Waals surface area contributed by atoms with Crippen LogP contribution in [0.15, 0.2) is 36.5 Å². The maximum Gasteiger partial charge on any atom is 0.416 e. The summed E-state index contributed by atoms with van der Waals surface area (Å²) in [5, 5.41) is -0.0978. The highest BCUT2D eigenvalue weighted by atomic mass is 35.5. The van der Waals surface area contributed by atoms with Crippen LogP contribution in [0.2, 0.25) is 5.02 Å². The second-order valence-corrected chi connectivity index (χ2v) is 4.26. The Morgan fingerprint density at radius 2 is 1.95 bits per heavy atom. The highest BCUT2D eigenvalue weighted by Gasteiger charge is 2.31. The smallest absolute Gasteiger partial charge is 0.416 e. The van der Waals surface area contributed by atoms with Gasteiger partial charge in [0.15, 0.2) is 6.29 Å². The average molecular weight is 302 g/mol. The van der Waals surface area contributed by atoms with E-state index in [0.29, 0.717) is 11.8 Å². The molecule has 2 aromatic rings. The average Bonchev–Trinajstić information content (AvgIpc) is 2.38. The molecule has 3 nitrogen and oxygen atoms in total. The van der Waals surface area contributed by atoms with Crippen LogP contribution in [0.25, 0.3) is 0 Å². The van der Waals surface area contributed by atoms with Crippen molar-refractivity contribution in [1.29, 1.82) is 0 Å². The van der Waals surface area contributed by atoms with Crippen LogP contribution in [0.4, 0.5) is 13.2 Å². The lowest BCUT2D eigenvalue weighted by Gasteiger charge is -2.10. The van der Waals surface area contributed by atoms with Gasteiger partial charge in [0.25, 0.3) is 0 Å². The lowest BCUT2D eigenvalue weighted by Crippen LogP contribution is -2.05. The van der Waals surface area contributed by atoms with Crippen LogP contribution in [0, 0.1) is 0 Å². The highest BCUT2D eigenvalue weighted by Crippen LogP contribution is 2.35. The molecule has 0 saturated carbocycles. The zero-order valence-corrected chi connectivity index (χ0v) is 10.6. The van der Waals surface area contributed by atoms with Gasteiger partial charge in [-0.25, -0.2) is 4.98 Å². The number of ether oxygens (including phenoxy) is 1. The van der Waals surface area contributed by atoms with E-state index in [4.69, 9.17) is 16.3 Å². The van der Waals surface area contributed by atoms with Gasteiger partial charge < -0.3 is 4.74 Å². The van der Waals surface area contributed by atoms with E-state index < -0.39 is 11.7 Å². The van der Waals surface area contributed by atoms with E-state index in [1.807, 2.05) is 0 Å². The van der Waals surface area contributed by atoms with Crippen LogP contribution in [0.3, 0.4) is 0 Å². The number of rotatable bonds is 3. The number of pyridine rings is 1. The van der Waals surface area contributed by atoms with Gasteiger partial charge in [-0.05, 0) is 24.3 Å². The van der Waals surface area contributed by atoms with Crippen molar-refractivity contribution in [3.8, 4) is 11.6 Å². The van der Waals surface area contributed by atoms with Crippen LogP contribution in [0.1, 0.15) is 15.9 Å². The minimum absolute atomic E-state index is 0.0611. The van der Waals surface area contributed by atoms with Gasteiger partial charge >= 0.3 is 6.18 Å². The van der Waals surface area contributed by atoms with Crippen LogP contribution in [-0.4, -0.2) is 11.3 Å². The number of alkyl halides is 3. The van der Waals surface area contributed by atoms with E-state index in [1.165, 1.54) is 24.4 Å². The number of aldehydes is 1. The zero-order valence-electron chi connectivity index (χ0n) is 9.82. The largest absolute Gasteiger partial charge is 0.439 e. The molecule has 0 aliphatic heterocycles. The fraction of sp³-hybridized carbons (Fsp3) is 0.0769. The maximum absolute atomic E-state index is 12.6. The number of carbonyl (C=O) groups is 1. The van der Waals surface area contributed by atoms with E-state index >= 15 is 0 Å². The summed E-state index contributed by atoms with van der Waals surface area (Å²) < 4.78 is 43.0. The lowest BCUT2D eigenvalue weighted by molar-refractivity contribution is -0.137. The van der Waals surface area contributed by atoms with Crippen LogP contribution >= 0.6 is 11.6 Å². The fourth-order valence-electron chi connectivity index (χ4n) is 1.43. The van der Waals surface area contributed by atoms with Gasteiger partial charge in [0, 0.05) is 22.8 Å². The maximum atomic E-state index is 12.6. The minimum Gasteiger partial charge on any atom is -0.439 e. The number of hydrogen-bond acceptors (Lipinski definition) is 3. The Morgan fingerprint density at radius 3 is 2.50 bits per heavy atom. The predicted octanol–water partition coefficient (Wildman–Crippen LogP) is 4.36. The van der Waals surface area contributed by atoms with E-state index in [-0.39, 0.29) is 16.7 Å². The highest BCUT2D eigenvalue weighted by molar-refractivity contribution is 6.30. The fourth-order valence-corrected chi connectivity index (χ4v) is 1.65. The minimum atomic E-state index is -4.52. The van der Waals surface area contributed by atoms with Crippen molar-refractivity contribution < 1.29 is 22.7 Å². The third-order valence-corrected chi connectivity index (χ3v) is 2.53. The van der Waals surface area contributed by atoms with Crippen LogP contribution in [-0.2, 0) is 6.18 Å². The van der Waals surface area contributed by atoms with Crippen molar-refractivity contribution in [2.24, 2.45) is 0 Å². The number of benzene rings is 1. The standard InChI is InChI=1S/C13H7ClF3NO2/c14-10-3-9(13(15,16)17)4-11(5-10)20-12-2-1-8(7-19)6-18-12/h1-7H. The summed E-state index contributed by atoms with van der Waals surface area (Å²) in [6, 6.07) is 5.67. The first-order valence-corrected chi connectivity index (χ1v) is 5.73. The third kappa shape index (κ3) is 3.48. The van der Waals surface area contributed by atoms with Gasteiger partial charge in [-0.2, -0.15) is 13.2 Å². The summed E-state index contributed by atoms with van der Waals surface area (Å²) in [5.74, 6) is -0.0258. The molecular formula is C13H7ClF3NO2. The Morgan fingerprint density at radius 1 is 1.20 bits per heavy atom. The van der Waals surface area contributed by atoms with Gasteiger partial charge in [0.05, 0.1) is 5.56 Å². The van der Waals surface area contributed by atoms with Gasteiger partial charge in [-0.3, -0.25) is 4.79 Å². The molecule has 0 radical (unpaired) electrons. The van der Waals surface area contributed by atoms with E-state index in [0.717, 1.165) is 12.1 Å². The monoisotopic (exact) mass is 301 g/mol. The first-order chi connectivity index (χ1) is 9.38. The molecule has 7 heteroatoms. The zero-order chi connectivity index (χ0) is 14.8. The molecule has 0 aliphatic carbocycles. The molecule has 1 aromatic carbocycles. The number of carbonyl (C=O) groups excluding carboxylic acids is 1.